The maximum atomic E-state index is 15.2. The van der Waals surface area contributed by atoms with Crippen LogP contribution in [0.4, 0.5) is 10.2 Å². The quantitative estimate of drug-likeness (QED) is 0.158. The van der Waals surface area contributed by atoms with Gasteiger partial charge in [-0.25, -0.2) is 18.5 Å². The minimum Gasteiger partial charge on any atom is -0.465 e. The monoisotopic (exact) mass is 637 g/mol. The Kier molecular flexibility index (Phi) is 10.2. The number of hydrogen-bond acceptors (Lipinski definition) is 13. The predicted molar refractivity (Wildman–Crippen MR) is 151 cm³/mol. The summed E-state index contributed by atoms with van der Waals surface area (Å²) in [4.78, 5) is 40.7. The van der Waals surface area contributed by atoms with Gasteiger partial charge in [0.1, 0.15) is 36.4 Å². The predicted octanol–water partition coefficient (Wildman–Crippen LogP) is 2.70. The molecule has 1 saturated heterocycles. The number of fused-ring (bicyclic) bond motifs is 1. The number of esters is 3. The molecule has 3 aromatic rings. The van der Waals surface area contributed by atoms with Crippen LogP contribution in [0.2, 0.25) is 0 Å². The highest BCUT2D eigenvalue weighted by Crippen LogP contribution is 2.50. The number of rotatable bonds is 13. The fourth-order valence-corrected chi connectivity index (χ4v) is 6.20. The molecule has 1 aliphatic heterocycles. The van der Waals surface area contributed by atoms with E-state index in [1.54, 1.807) is 37.3 Å². The number of aromatic nitrogens is 3. The molecule has 238 valence electrons. The number of carbonyl (C=O) groups excluding carboxylic acids is 3. The van der Waals surface area contributed by atoms with Gasteiger partial charge in [0.15, 0.2) is 23.6 Å². The molecule has 2 aromatic heterocycles. The average Bonchev–Trinajstić information content (AvgIpc) is 3.53. The van der Waals surface area contributed by atoms with E-state index in [1.165, 1.54) is 29.9 Å². The Morgan fingerprint density at radius 1 is 1.16 bits per heavy atom. The average molecular weight is 638 g/mol. The number of nitrogens with one attached hydrogen (secondary N) is 1. The fraction of sp³-hybridized carbons (Fsp3) is 0.444. The summed E-state index contributed by atoms with van der Waals surface area (Å²) in [6.07, 6.45) is -3.10. The number of hydrogen-bond donors (Lipinski definition) is 2. The highest BCUT2D eigenvalue weighted by molar-refractivity contribution is 7.52. The van der Waals surface area contributed by atoms with E-state index in [-0.39, 0.29) is 23.9 Å². The third-order valence-electron chi connectivity index (χ3n) is 6.54. The van der Waals surface area contributed by atoms with Crippen LogP contribution < -0.4 is 15.3 Å². The summed E-state index contributed by atoms with van der Waals surface area (Å²) < 4.78 is 64.2. The number of ether oxygens (including phenoxy) is 4. The molecule has 1 unspecified atom stereocenters. The maximum absolute atomic E-state index is 15.2. The lowest BCUT2D eigenvalue weighted by molar-refractivity contribution is -0.172. The van der Waals surface area contributed by atoms with Crippen LogP contribution in [0.15, 0.2) is 48.8 Å². The molecule has 0 bridgehead atoms. The number of benzene rings is 1. The van der Waals surface area contributed by atoms with Crippen LogP contribution >= 0.6 is 7.75 Å². The van der Waals surface area contributed by atoms with Gasteiger partial charge in [-0.1, -0.05) is 18.2 Å². The van der Waals surface area contributed by atoms with E-state index in [2.05, 4.69) is 15.2 Å². The first kappa shape index (κ1) is 32.8. The molecule has 17 heteroatoms. The van der Waals surface area contributed by atoms with Crippen molar-refractivity contribution in [1.82, 2.24) is 19.7 Å². The number of halogens is 1. The van der Waals surface area contributed by atoms with Gasteiger partial charge in [-0.3, -0.25) is 18.9 Å². The number of nitrogens with two attached hydrogens (primary N) is 1. The number of alkyl halides is 1. The van der Waals surface area contributed by atoms with Gasteiger partial charge in [-0.2, -0.15) is 10.2 Å². The van der Waals surface area contributed by atoms with Gasteiger partial charge in [-0.15, -0.1) is 0 Å². The van der Waals surface area contributed by atoms with Crippen molar-refractivity contribution < 1.29 is 51.3 Å². The fourth-order valence-electron chi connectivity index (χ4n) is 4.65. The zero-order valence-electron chi connectivity index (χ0n) is 24.4. The second-order valence-corrected chi connectivity index (χ2v) is 11.5. The number of anilines is 1. The van der Waals surface area contributed by atoms with Gasteiger partial charge >= 0.3 is 25.7 Å². The first-order chi connectivity index (χ1) is 20.9. The molecule has 3 N–H and O–H groups in total. The maximum Gasteiger partial charge on any atom is 0.459 e. The Balaban J connectivity index is 1.74. The van der Waals surface area contributed by atoms with E-state index in [9.17, 15) is 18.9 Å². The van der Waals surface area contributed by atoms with Crippen LogP contribution in [0.1, 0.15) is 39.5 Å². The summed E-state index contributed by atoms with van der Waals surface area (Å²) in [5.74, 6) is -2.15. The van der Waals surface area contributed by atoms with Crippen molar-refractivity contribution in [2.75, 3.05) is 25.6 Å². The molecule has 1 aliphatic rings. The third-order valence-corrected chi connectivity index (χ3v) is 8.16. The van der Waals surface area contributed by atoms with Gasteiger partial charge in [0.05, 0.1) is 18.9 Å². The van der Waals surface area contributed by atoms with E-state index in [1.807, 2.05) is 0 Å². The molecule has 0 amide bonds. The molecule has 4 rings (SSSR count). The van der Waals surface area contributed by atoms with Crippen LogP contribution in [0, 0.1) is 0 Å². The first-order valence-electron chi connectivity index (χ1n) is 13.5. The van der Waals surface area contributed by atoms with Gasteiger partial charge in [0.2, 0.25) is 0 Å². The van der Waals surface area contributed by atoms with E-state index in [4.69, 9.17) is 33.7 Å². The molecule has 0 aliphatic carbocycles. The van der Waals surface area contributed by atoms with Gasteiger partial charge in [0, 0.05) is 13.8 Å². The Hall–Kier alpha value is -4.11. The topological polar surface area (TPSA) is 192 Å². The zero-order chi connectivity index (χ0) is 32.1. The molecule has 0 saturated carbocycles. The molecule has 44 heavy (non-hydrogen) atoms. The van der Waals surface area contributed by atoms with Crippen LogP contribution in [0.5, 0.6) is 5.75 Å². The summed E-state index contributed by atoms with van der Waals surface area (Å²) in [7, 11) is -4.50. The number of para-hydroxylation sites is 1. The summed E-state index contributed by atoms with van der Waals surface area (Å²) in [6.45, 7) is 3.01. The highest BCUT2D eigenvalue weighted by atomic mass is 31.2. The second kappa shape index (κ2) is 13.7. The summed E-state index contributed by atoms with van der Waals surface area (Å²) in [5, 5.41) is 6.66. The minimum atomic E-state index is -4.50. The lowest BCUT2D eigenvalue weighted by atomic mass is 9.95. The van der Waals surface area contributed by atoms with Crippen molar-refractivity contribution in [1.29, 1.82) is 0 Å². The molecule has 0 spiro atoms. The number of nitrogens with zero attached hydrogens (tertiary/aromatic N) is 3. The van der Waals surface area contributed by atoms with Crippen molar-refractivity contribution in [2.24, 2.45) is 0 Å². The zero-order valence-corrected chi connectivity index (χ0v) is 25.3. The van der Waals surface area contributed by atoms with Crippen molar-refractivity contribution >= 4 is 37.0 Å². The summed E-state index contributed by atoms with van der Waals surface area (Å²) >= 11 is 0. The normalized spacial score (nSPS) is 23.4. The first-order valence-corrected chi connectivity index (χ1v) is 15.1. The largest absolute Gasteiger partial charge is 0.465 e. The lowest BCUT2D eigenvalue weighted by Crippen LogP contribution is -2.52. The van der Waals surface area contributed by atoms with Crippen molar-refractivity contribution in [3.63, 3.8) is 0 Å². The highest BCUT2D eigenvalue weighted by Gasteiger charge is 2.61. The minimum absolute atomic E-state index is 0.0579. The number of carbonyl (C=O) groups is 3. The van der Waals surface area contributed by atoms with Crippen molar-refractivity contribution in [3.8, 4) is 5.75 Å². The van der Waals surface area contributed by atoms with Gasteiger partial charge < -0.3 is 29.2 Å². The molecular weight excluding hydrogens is 604 g/mol. The Labute approximate surface area is 251 Å². The molecule has 15 nitrogen and oxygen atoms in total. The molecular formula is C27H33FN5O10P. The third kappa shape index (κ3) is 7.16. The molecule has 1 fully saturated rings. The SMILES string of the molecule is CCOC(=O)[C@H](C)NP(=O)(OC[C@@]1(CF)O[C@@H](c2ccc3c(N)ncnn23)[C@H](OC(C)=O)[C@@H]1OC(C)=O)Oc1ccccc1. The van der Waals surface area contributed by atoms with Crippen LogP contribution in [-0.2, 0) is 42.4 Å². The smallest absolute Gasteiger partial charge is 0.459 e. The molecule has 1 aromatic carbocycles. The lowest BCUT2D eigenvalue weighted by Gasteiger charge is -2.33. The molecule has 3 heterocycles. The van der Waals surface area contributed by atoms with Crippen molar-refractivity contribution in [3.05, 3.63) is 54.5 Å². The van der Waals surface area contributed by atoms with Crippen LogP contribution in [-0.4, -0.2) is 76.2 Å². The van der Waals surface area contributed by atoms with Gasteiger partial charge in [-0.05, 0) is 38.1 Å². The van der Waals surface area contributed by atoms with E-state index < -0.39 is 68.9 Å². The Morgan fingerprint density at radius 2 is 1.86 bits per heavy atom. The Bertz CT molecular complexity index is 1540. The van der Waals surface area contributed by atoms with E-state index in [0.717, 1.165) is 13.8 Å². The van der Waals surface area contributed by atoms with Crippen LogP contribution in [0.25, 0.3) is 5.52 Å². The summed E-state index contributed by atoms with van der Waals surface area (Å²) in [6, 6.07) is 9.84. The van der Waals surface area contributed by atoms with E-state index in [0.29, 0.717) is 5.52 Å². The Morgan fingerprint density at radius 3 is 2.50 bits per heavy atom. The summed E-state index contributed by atoms with van der Waals surface area (Å²) in [5.41, 5.74) is 4.41. The number of nitrogen functional groups attached to an aromatic ring is 1. The van der Waals surface area contributed by atoms with E-state index >= 15 is 4.39 Å². The van der Waals surface area contributed by atoms with Crippen molar-refractivity contribution in [2.45, 2.75) is 57.6 Å². The molecule has 6 atom stereocenters. The van der Waals surface area contributed by atoms with Gasteiger partial charge in [0.25, 0.3) is 0 Å². The molecule has 0 radical (unpaired) electrons. The standard InChI is InChI=1S/C27H33FN5O10P/c1-5-38-26(36)16(2)32-44(37,43-19-9-7-6-8-10-19)39-14-27(13-28)24(41-18(4)35)23(40-17(3)34)22(42-27)20-11-12-21-25(29)30-15-31-33(20)21/h6-12,15-16,22-24H,5,13-14H2,1-4H3,(H,32,37)(H2,29,30,31)/t16-,22-,23-,24-,27+,44?/m0/s1. The second-order valence-electron chi connectivity index (χ2n) is 9.82. The van der Waals surface area contributed by atoms with Crippen LogP contribution in [0.3, 0.4) is 0 Å².